The number of hydrogen-bond donors (Lipinski definition) is 0. The Labute approximate surface area is 67.5 Å². The van der Waals surface area contributed by atoms with E-state index in [4.69, 9.17) is 8.95 Å². The van der Waals surface area contributed by atoms with Gasteiger partial charge >= 0.3 is 0 Å². The number of aryl methyl sites for hydroxylation is 1. The van der Waals surface area contributed by atoms with Gasteiger partial charge in [-0.2, -0.15) is 0 Å². The van der Waals surface area contributed by atoms with E-state index in [1.54, 1.807) is 6.07 Å². The van der Waals surface area contributed by atoms with Crippen LogP contribution in [0.2, 0.25) is 19.6 Å². The molecule has 0 bridgehead atoms. The summed E-state index contributed by atoms with van der Waals surface area (Å²) in [6.07, 6.45) is 0. The van der Waals surface area contributed by atoms with Crippen molar-refractivity contribution in [2.75, 3.05) is 0 Å². The van der Waals surface area contributed by atoms with E-state index in [1.165, 1.54) is 0 Å². The molecule has 0 saturated heterocycles. The van der Waals surface area contributed by atoms with Gasteiger partial charge in [0.1, 0.15) is 5.76 Å². The quantitative estimate of drug-likeness (QED) is 0.640. The second-order valence-electron chi connectivity index (χ2n) is 3.49. The number of hydrogen-bond acceptors (Lipinski definition) is 3. The van der Waals surface area contributed by atoms with E-state index in [0.717, 1.165) is 5.76 Å². The summed E-state index contributed by atoms with van der Waals surface area (Å²) in [6, 6.07) is 1.80. The first-order valence-electron chi connectivity index (χ1n) is 3.60. The first kappa shape index (κ1) is 8.32. The third-order valence-corrected chi connectivity index (χ3v) is 1.84. The van der Waals surface area contributed by atoms with E-state index < -0.39 is 8.32 Å². The molecule has 4 heteroatoms. The van der Waals surface area contributed by atoms with E-state index >= 15 is 0 Å². The Morgan fingerprint density at radius 1 is 1.45 bits per heavy atom. The van der Waals surface area contributed by atoms with E-state index in [1.807, 2.05) is 6.92 Å². The molecule has 62 valence electrons. The van der Waals surface area contributed by atoms with Crippen LogP contribution in [0.5, 0.6) is 5.88 Å². The Kier molecular flexibility index (Phi) is 2.04. The third-order valence-electron chi connectivity index (χ3n) is 1.02. The molecule has 3 nitrogen and oxygen atoms in total. The van der Waals surface area contributed by atoms with Gasteiger partial charge in [-0.1, -0.05) is 0 Å². The predicted octanol–water partition coefficient (Wildman–Crippen LogP) is 2.20. The zero-order valence-electron chi connectivity index (χ0n) is 7.34. The maximum atomic E-state index is 5.56. The lowest BCUT2D eigenvalue weighted by atomic mass is 10.5. The summed E-state index contributed by atoms with van der Waals surface area (Å²) in [7, 11) is -1.51. The highest BCUT2D eigenvalue weighted by Crippen LogP contribution is 2.14. The molecule has 1 aromatic rings. The van der Waals surface area contributed by atoms with Crippen molar-refractivity contribution < 1.29 is 8.95 Å². The van der Waals surface area contributed by atoms with Crippen LogP contribution < -0.4 is 4.43 Å². The van der Waals surface area contributed by atoms with Gasteiger partial charge in [0.05, 0.1) is 0 Å². The van der Waals surface area contributed by atoms with Crippen LogP contribution in [-0.4, -0.2) is 13.5 Å². The highest BCUT2D eigenvalue weighted by molar-refractivity contribution is 6.70. The Morgan fingerprint density at radius 2 is 2.09 bits per heavy atom. The smallest absolute Gasteiger partial charge is 0.244 e. The van der Waals surface area contributed by atoms with Crippen molar-refractivity contribution in [3.63, 3.8) is 0 Å². The van der Waals surface area contributed by atoms with Crippen molar-refractivity contribution in [1.29, 1.82) is 0 Å². The summed E-state index contributed by atoms with van der Waals surface area (Å²) in [5.41, 5.74) is 0. The normalized spacial score (nSPS) is 11.6. The highest BCUT2D eigenvalue weighted by Gasteiger charge is 2.17. The Hall–Kier alpha value is -0.773. The lowest BCUT2D eigenvalue weighted by Crippen LogP contribution is -2.29. The van der Waals surface area contributed by atoms with Crippen LogP contribution >= 0.6 is 0 Å². The van der Waals surface area contributed by atoms with Crippen LogP contribution in [0.1, 0.15) is 5.76 Å². The molecular weight excluding hydrogens is 158 g/mol. The van der Waals surface area contributed by atoms with E-state index in [0.29, 0.717) is 5.88 Å². The predicted molar refractivity (Wildman–Crippen MR) is 45.2 cm³/mol. The fourth-order valence-corrected chi connectivity index (χ4v) is 1.43. The molecule has 0 radical (unpaired) electrons. The minimum absolute atomic E-state index is 0.613. The average molecular weight is 171 g/mol. The zero-order chi connectivity index (χ0) is 8.48. The minimum atomic E-state index is -1.51. The molecule has 0 saturated carbocycles. The molecule has 11 heavy (non-hydrogen) atoms. The van der Waals surface area contributed by atoms with Crippen molar-refractivity contribution in [1.82, 2.24) is 5.16 Å². The molecule has 0 aliphatic rings. The Balaban J connectivity index is 2.65. The van der Waals surface area contributed by atoms with Crippen LogP contribution in [0.4, 0.5) is 0 Å². The Morgan fingerprint density at radius 3 is 2.45 bits per heavy atom. The van der Waals surface area contributed by atoms with Crippen molar-refractivity contribution in [2.24, 2.45) is 0 Å². The third kappa shape index (κ3) is 2.75. The Bertz CT molecular complexity index is 239. The van der Waals surface area contributed by atoms with Crippen molar-refractivity contribution in [3.8, 4) is 5.88 Å². The van der Waals surface area contributed by atoms with Gasteiger partial charge in [0.25, 0.3) is 0 Å². The minimum Gasteiger partial charge on any atom is -0.529 e. The topological polar surface area (TPSA) is 35.3 Å². The molecule has 0 aliphatic carbocycles. The second-order valence-corrected chi connectivity index (χ2v) is 7.92. The first-order chi connectivity index (χ1) is 4.97. The van der Waals surface area contributed by atoms with Gasteiger partial charge in [0.15, 0.2) is 0 Å². The van der Waals surface area contributed by atoms with Crippen molar-refractivity contribution >= 4 is 8.32 Å². The van der Waals surface area contributed by atoms with Crippen LogP contribution in [0.25, 0.3) is 0 Å². The van der Waals surface area contributed by atoms with Crippen LogP contribution in [-0.2, 0) is 0 Å². The summed E-state index contributed by atoms with van der Waals surface area (Å²) in [4.78, 5) is 0. The summed E-state index contributed by atoms with van der Waals surface area (Å²) in [5, 5.41) is 3.74. The fourth-order valence-electron chi connectivity index (χ4n) is 0.705. The molecule has 0 aliphatic heterocycles. The molecule has 0 amide bonds. The van der Waals surface area contributed by atoms with Crippen molar-refractivity contribution in [3.05, 3.63) is 11.8 Å². The van der Waals surface area contributed by atoms with Crippen LogP contribution in [0.15, 0.2) is 10.6 Å². The largest absolute Gasteiger partial charge is 0.529 e. The standard InChI is InChI=1S/C7H13NO2Si/c1-6-5-7(8-9-6)10-11(2,3)4/h5H,1-4H3. The van der Waals surface area contributed by atoms with Crippen molar-refractivity contribution in [2.45, 2.75) is 26.6 Å². The lowest BCUT2D eigenvalue weighted by Gasteiger charge is -2.15. The van der Waals surface area contributed by atoms with Gasteiger partial charge in [-0.25, -0.2) is 0 Å². The summed E-state index contributed by atoms with van der Waals surface area (Å²) in [5.74, 6) is 1.40. The summed E-state index contributed by atoms with van der Waals surface area (Å²) in [6.45, 7) is 8.18. The fraction of sp³-hybridized carbons (Fsp3) is 0.571. The highest BCUT2D eigenvalue weighted by atomic mass is 28.4. The lowest BCUT2D eigenvalue weighted by molar-refractivity contribution is 0.369. The number of aromatic nitrogens is 1. The molecule has 1 heterocycles. The van der Waals surface area contributed by atoms with E-state index in [9.17, 15) is 0 Å². The van der Waals surface area contributed by atoms with Crippen LogP contribution in [0.3, 0.4) is 0 Å². The maximum absolute atomic E-state index is 5.56. The average Bonchev–Trinajstić information content (AvgIpc) is 2.10. The molecule has 0 spiro atoms. The monoisotopic (exact) mass is 171 g/mol. The van der Waals surface area contributed by atoms with Crippen LogP contribution in [0, 0.1) is 6.92 Å². The molecule has 0 fully saturated rings. The van der Waals surface area contributed by atoms with E-state index in [2.05, 4.69) is 24.8 Å². The summed E-state index contributed by atoms with van der Waals surface area (Å²) < 4.78 is 10.4. The van der Waals surface area contributed by atoms with Gasteiger partial charge in [-0.05, 0) is 31.7 Å². The zero-order valence-corrected chi connectivity index (χ0v) is 8.34. The SMILES string of the molecule is Cc1cc(O[Si](C)(C)C)no1. The molecule has 0 N–H and O–H groups in total. The molecule has 0 atom stereocenters. The molecule has 0 unspecified atom stereocenters. The first-order valence-corrected chi connectivity index (χ1v) is 7.00. The van der Waals surface area contributed by atoms with Gasteiger partial charge < -0.3 is 8.95 Å². The second kappa shape index (κ2) is 2.69. The van der Waals surface area contributed by atoms with Gasteiger partial charge in [-0.3, -0.25) is 0 Å². The van der Waals surface area contributed by atoms with Gasteiger partial charge in [0, 0.05) is 6.07 Å². The number of rotatable bonds is 2. The number of nitrogens with zero attached hydrogens (tertiary/aromatic N) is 1. The van der Waals surface area contributed by atoms with Gasteiger partial charge in [-0.15, -0.1) is 0 Å². The van der Waals surface area contributed by atoms with E-state index in [-0.39, 0.29) is 0 Å². The molecular formula is C7H13NO2Si. The summed E-state index contributed by atoms with van der Waals surface area (Å²) >= 11 is 0. The molecule has 1 aromatic heterocycles. The molecule has 0 aromatic carbocycles. The van der Waals surface area contributed by atoms with Gasteiger partial charge in [0.2, 0.25) is 14.2 Å². The maximum Gasteiger partial charge on any atom is 0.244 e. The molecule has 1 rings (SSSR count).